The number of nitrogens with zero attached hydrogens (tertiary/aromatic N) is 3. The summed E-state index contributed by atoms with van der Waals surface area (Å²) in [4.78, 5) is 16.4. The van der Waals surface area contributed by atoms with E-state index in [9.17, 15) is 4.79 Å². The fraction of sp³-hybridized carbons (Fsp3) is 0.133. The SMILES string of the molecule is Cc1csc(NC(=O)c2ccc(Cn3cc(Br)cn3)cc2)n1. The number of aromatic nitrogens is 3. The Morgan fingerprint density at radius 3 is 2.73 bits per heavy atom. The number of rotatable bonds is 4. The summed E-state index contributed by atoms with van der Waals surface area (Å²) in [5.41, 5.74) is 2.59. The number of anilines is 1. The number of halogens is 1. The van der Waals surface area contributed by atoms with E-state index < -0.39 is 0 Å². The normalized spacial score (nSPS) is 10.6. The second-order valence-corrected chi connectivity index (χ2v) is 6.57. The van der Waals surface area contributed by atoms with Gasteiger partial charge in [0.05, 0.1) is 22.9 Å². The Balaban J connectivity index is 1.66. The molecule has 112 valence electrons. The maximum Gasteiger partial charge on any atom is 0.257 e. The molecule has 0 unspecified atom stereocenters. The molecule has 0 saturated carbocycles. The van der Waals surface area contributed by atoms with Gasteiger partial charge in [-0.3, -0.25) is 14.8 Å². The van der Waals surface area contributed by atoms with Gasteiger partial charge in [-0.1, -0.05) is 12.1 Å². The molecule has 1 amide bonds. The molecule has 2 heterocycles. The summed E-state index contributed by atoms with van der Waals surface area (Å²) in [6, 6.07) is 7.47. The van der Waals surface area contributed by atoms with E-state index in [4.69, 9.17) is 0 Å². The first kappa shape index (κ1) is 14.9. The fourth-order valence-electron chi connectivity index (χ4n) is 1.95. The molecule has 1 aromatic carbocycles. The largest absolute Gasteiger partial charge is 0.298 e. The van der Waals surface area contributed by atoms with Crippen LogP contribution in [0.3, 0.4) is 0 Å². The van der Waals surface area contributed by atoms with Gasteiger partial charge in [0.2, 0.25) is 0 Å². The van der Waals surface area contributed by atoms with Crippen molar-refractivity contribution >= 4 is 38.3 Å². The number of benzene rings is 1. The van der Waals surface area contributed by atoms with Crippen molar-refractivity contribution in [2.75, 3.05) is 5.32 Å². The van der Waals surface area contributed by atoms with Gasteiger partial charge in [0.1, 0.15) is 0 Å². The zero-order valence-electron chi connectivity index (χ0n) is 11.8. The Morgan fingerprint density at radius 1 is 1.36 bits per heavy atom. The van der Waals surface area contributed by atoms with Crippen molar-refractivity contribution in [3.8, 4) is 0 Å². The standard InChI is InChI=1S/C15H13BrN4OS/c1-10-9-22-15(18-10)19-14(21)12-4-2-11(3-5-12)7-20-8-13(16)6-17-20/h2-6,8-9H,7H2,1H3,(H,18,19,21). The van der Waals surface area contributed by atoms with E-state index in [1.807, 2.05) is 47.4 Å². The molecule has 0 aliphatic carbocycles. The van der Waals surface area contributed by atoms with Gasteiger partial charge in [0.25, 0.3) is 5.91 Å². The average molecular weight is 377 g/mol. The van der Waals surface area contributed by atoms with Crippen LogP contribution in [0.15, 0.2) is 46.5 Å². The van der Waals surface area contributed by atoms with Crippen molar-refractivity contribution in [1.29, 1.82) is 0 Å². The highest BCUT2D eigenvalue weighted by molar-refractivity contribution is 9.10. The molecule has 0 fully saturated rings. The Kier molecular flexibility index (Phi) is 4.35. The van der Waals surface area contributed by atoms with Crippen LogP contribution in [0, 0.1) is 6.92 Å². The number of amides is 1. The van der Waals surface area contributed by atoms with Crippen molar-refractivity contribution in [3.05, 3.63) is 63.3 Å². The number of nitrogens with one attached hydrogen (secondary N) is 1. The van der Waals surface area contributed by atoms with Crippen LogP contribution in [0.1, 0.15) is 21.6 Å². The molecule has 3 aromatic rings. The molecule has 1 N–H and O–H groups in total. The molecule has 0 spiro atoms. The lowest BCUT2D eigenvalue weighted by molar-refractivity contribution is 0.102. The first-order valence-corrected chi connectivity index (χ1v) is 8.28. The smallest absolute Gasteiger partial charge is 0.257 e. The van der Waals surface area contributed by atoms with Gasteiger partial charge in [-0.15, -0.1) is 11.3 Å². The van der Waals surface area contributed by atoms with Gasteiger partial charge >= 0.3 is 0 Å². The van der Waals surface area contributed by atoms with Crippen LogP contribution in [0.4, 0.5) is 5.13 Å². The van der Waals surface area contributed by atoms with Crippen LogP contribution < -0.4 is 5.32 Å². The quantitative estimate of drug-likeness (QED) is 0.754. The molecule has 0 aliphatic rings. The summed E-state index contributed by atoms with van der Waals surface area (Å²) in [6.45, 7) is 2.56. The van der Waals surface area contributed by atoms with Crippen LogP contribution in [0.2, 0.25) is 0 Å². The minimum atomic E-state index is -0.150. The van der Waals surface area contributed by atoms with E-state index >= 15 is 0 Å². The Labute approximate surface area is 140 Å². The van der Waals surface area contributed by atoms with Gasteiger partial charge in [-0.05, 0) is 40.5 Å². The monoisotopic (exact) mass is 376 g/mol. The number of carbonyl (C=O) groups excluding carboxylic acids is 1. The highest BCUT2D eigenvalue weighted by Gasteiger charge is 2.08. The Bertz CT molecular complexity index is 794. The summed E-state index contributed by atoms with van der Waals surface area (Å²) in [7, 11) is 0. The molecule has 0 atom stereocenters. The lowest BCUT2D eigenvalue weighted by Crippen LogP contribution is -2.11. The average Bonchev–Trinajstić information content (AvgIpc) is 3.08. The lowest BCUT2D eigenvalue weighted by Gasteiger charge is -2.05. The topological polar surface area (TPSA) is 59.8 Å². The predicted molar refractivity (Wildman–Crippen MR) is 90.3 cm³/mol. The van der Waals surface area contributed by atoms with E-state index in [0.29, 0.717) is 17.2 Å². The number of aryl methyl sites for hydroxylation is 1. The zero-order chi connectivity index (χ0) is 15.5. The minimum Gasteiger partial charge on any atom is -0.298 e. The lowest BCUT2D eigenvalue weighted by atomic mass is 10.1. The molecule has 0 radical (unpaired) electrons. The third-order valence-electron chi connectivity index (χ3n) is 3.00. The second-order valence-electron chi connectivity index (χ2n) is 4.80. The molecule has 3 rings (SSSR count). The van der Waals surface area contributed by atoms with E-state index in [2.05, 4.69) is 31.3 Å². The fourth-order valence-corrected chi connectivity index (χ4v) is 2.97. The van der Waals surface area contributed by atoms with Crippen molar-refractivity contribution in [3.63, 3.8) is 0 Å². The van der Waals surface area contributed by atoms with Gasteiger partial charge in [0, 0.05) is 17.1 Å². The molecule has 2 aromatic heterocycles. The van der Waals surface area contributed by atoms with Crippen LogP contribution in [-0.2, 0) is 6.54 Å². The summed E-state index contributed by atoms with van der Waals surface area (Å²) < 4.78 is 2.78. The van der Waals surface area contributed by atoms with Crippen LogP contribution in [0.5, 0.6) is 0 Å². The van der Waals surface area contributed by atoms with Crippen molar-refractivity contribution in [2.45, 2.75) is 13.5 Å². The molecular weight excluding hydrogens is 364 g/mol. The van der Waals surface area contributed by atoms with Gasteiger partial charge in [0.15, 0.2) is 5.13 Å². The van der Waals surface area contributed by atoms with Crippen molar-refractivity contribution in [1.82, 2.24) is 14.8 Å². The van der Waals surface area contributed by atoms with E-state index in [-0.39, 0.29) is 5.91 Å². The molecule has 22 heavy (non-hydrogen) atoms. The second kappa shape index (κ2) is 6.41. The number of hydrogen-bond donors (Lipinski definition) is 1. The minimum absolute atomic E-state index is 0.150. The maximum atomic E-state index is 12.1. The van der Waals surface area contributed by atoms with Gasteiger partial charge in [-0.25, -0.2) is 4.98 Å². The van der Waals surface area contributed by atoms with Gasteiger partial charge in [-0.2, -0.15) is 5.10 Å². The predicted octanol–water partition coefficient (Wildman–Crippen LogP) is 3.71. The van der Waals surface area contributed by atoms with E-state index in [1.54, 1.807) is 6.20 Å². The van der Waals surface area contributed by atoms with Crippen molar-refractivity contribution < 1.29 is 4.79 Å². The summed E-state index contributed by atoms with van der Waals surface area (Å²) in [5.74, 6) is -0.150. The number of carbonyl (C=O) groups is 1. The van der Waals surface area contributed by atoms with Crippen LogP contribution in [-0.4, -0.2) is 20.7 Å². The highest BCUT2D eigenvalue weighted by atomic mass is 79.9. The van der Waals surface area contributed by atoms with Crippen molar-refractivity contribution in [2.24, 2.45) is 0 Å². The molecule has 7 heteroatoms. The first-order valence-electron chi connectivity index (χ1n) is 6.60. The van der Waals surface area contributed by atoms with E-state index in [0.717, 1.165) is 15.7 Å². The highest BCUT2D eigenvalue weighted by Crippen LogP contribution is 2.16. The van der Waals surface area contributed by atoms with E-state index in [1.165, 1.54) is 11.3 Å². The first-order chi connectivity index (χ1) is 10.6. The third-order valence-corrected chi connectivity index (χ3v) is 4.29. The van der Waals surface area contributed by atoms with Crippen LogP contribution in [0.25, 0.3) is 0 Å². The summed E-state index contributed by atoms with van der Waals surface area (Å²) >= 11 is 4.79. The van der Waals surface area contributed by atoms with Crippen LogP contribution >= 0.6 is 27.3 Å². The summed E-state index contributed by atoms with van der Waals surface area (Å²) in [6.07, 6.45) is 3.66. The summed E-state index contributed by atoms with van der Waals surface area (Å²) in [5, 5.41) is 9.53. The number of hydrogen-bond acceptors (Lipinski definition) is 4. The Morgan fingerprint density at radius 2 is 2.14 bits per heavy atom. The van der Waals surface area contributed by atoms with Gasteiger partial charge < -0.3 is 0 Å². The molecular formula is C15H13BrN4OS. The Hall–Kier alpha value is -1.99. The molecule has 0 bridgehead atoms. The number of thiazole rings is 1. The maximum absolute atomic E-state index is 12.1. The zero-order valence-corrected chi connectivity index (χ0v) is 14.2. The molecule has 5 nitrogen and oxygen atoms in total. The third kappa shape index (κ3) is 3.61. The molecule has 0 saturated heterocycles. The molecule has 0 aliphatic heterocycles.